The topological polar surface area (TPSA) is 38.5 Å². The highest BCUT2D eigenvalue weighted by molar-refractivity contribution is 5.48. The van der Waals surface area contributed by atoms with Crippen LogP contribution in [0.5, 0.6) is 5.75 Å². The lowest BCUT2D eigenvalue weighted by molar-refractivity contribution is 0.176. The minimum absolute atomic E-state index is 0.372. The van der Waals surface area contributed by atoms with E-state index in [-0.39, 0.29) is 0 Å². The highest BCUT2D eigenvalue weighted by atomic mass is 16.5. The lowest BCUT2D eigenvalue weighted by atomic mass is 9.99. The SMILES string of the molecule is COc1ccc(CN2CCCC(C)C2)cc1C#CCN. The minimum atomic E-state index is 0.372. The van der Waals surface area contributed by atoms with Crippen molar-refractivity contribution in [2.24, 2.45) is 11.7 Å². The summed E-state index contributed by atoms with van der Waals surface area (Å²) >= 11 is 0. The Kier molecular flexibility index (Phi) is 5.46. The highest BCUT2D eigenvalue weighted by Crippen LogP contribution is 2.22. The first-order valence-electron chi connectivity index (χ1n) is 7.31. The molecule has 20 heavy (non-hydrogen) atoms. The number of benzene rings is 1. The maximum atomic E-state index is 5.45. The van der Waals surface area contributed by atoms with Crippen molar-refractivity contribution in [1.29, 1.82) is 0 Å². The molecule has 2 N–H and O–H groups in total. The number of hydrogen-bond acceptors (Lipinski definition) is 3. The molecule has 1 aromatic carbocycles. The molecule has 1 aliphatic rings. The molecule has 1 heterocycles. The Balaban J connectivity index is 2.11. The molecule has 1 atom stereocenters. The summed E-state index contributed by atoms with van der Waals surface area (Å²) in [6.45, 7) is 6.08. The van der Waals surface area contributed by atoms with Crippen LogP contribution in [0.4, 0.5) is 0 Å². The fourth-order valence-corrected chi connectivity index (χ4v) is 2.79. The Bertz CT molecular complexity index is 501. The van der Waals surface area contributed by atoms with Gasteiger partial charge in [-0.05, 0) is 43.0 Å². The number of ether oxygens (including phenoxy) is 1. The van der Waals surface area contributed by atoms with Gasteiger partial charge in [-0.3, -0.25) is 4.90 Å². The molecule has 1 aliphatic heterocycles. The number of methoxy groups -OCH3 is 1. The summed E-state index contributed by atoms with van der Waals surface area (Å²) in [5.41, 5.74) is 7.67. The van der Waals surface area contributed by atoms with Crippen LogP contribution in [-0.2, 0) is 6.54 Å². The van der Waals surface area contributed by atoms with E-state index in [1.165, 1.54) is 31.5 Å². The molecule has 0 saturated carbocycles. The lowest BCUT2D eigenvalue weighted by Gasteiger charge is -2.30. The fourth-order valence-electron chi connectivity index (χ4n) is 2.79. The van der Waals surface area contributed by atoms with E-state index in [0.717, 1.165) is 23.8 Å². The molecule has 2 rings (SSSR count). The smallest absolute Gasteiger partial charge is 0.134 e. The Morgan fingerprint density at radius 1 is 1.45 bits per heavy atom. The molecular weight excluding hydrogens is 248 g/mol. The van der Waals surface area contributed by atoms with Gasteiger partial charge in [0.1, 0.15) is 5.75 Å². The molecule has 1 aromatic rings. The second-order valence-electron chi connectivity index (χ2n) is 5.52. The number of likely N-dealkylation sites (tertiary alicyclic amines) is 1. The molecular formula is C17H24N2O. The van der Waals surface area contributed by atoms with Gasteiger partial charge in [0.2, 0.25) is 0 Å². The van der Waals surface area contributed by atoms with Gasteiger partial charge in [0.15, 0.2) is 0 Å². The first-order chi connectivity index (χ1) is 9.72. The average Bonchev–Trinajstić information content (AvgIpc) is 2.45. The molecule has 1 fully saturated rings. The Hall–Kier alpha value is -1.50. The first kappa shape index (κ1) is 14.9. The standard InChI is InChI=1S/C17H24N2O/c1-14-5-4-10-19(12-14)13-15-7-8-17(20-2)16(11-15)6-3-9-18/h7-8,11,14H,4-5,9-10,12-13,18H2,1-2H3. The molecule has 0 aliphatic carbocycles. The Labute approximate surface area is 122 Å². The van der Waals surface area contributed by atoms with Crippen LogP contribution in [0.15, 0.2) is 18.2 Å². The summed E-state index contributed by atoms with van der Waals surface area (Å²) < 4.78 is 5.35. The van der Waals surface area contributed by atoms with Crippen LogP contribution in [0.2, 0.25) is 0 Å². The van der Waals surface area contributed by atoms with Gasteiger partial charge in [-0.25, -0.2) is 0 Å². The van der Waals surface area contributed by atoms with E-state index in [0.29, 0.717) is 6.54 Å². The van der Waals surface area contributed by atoms with E-state index in [4.69, 9.17) is 10.5 Å². The van der Waals surface area contributed by atoms with E-state index in [2.05, 4.69) is 35.8 Å². The highest BCUT2D eigenvalue weighted by Gasteiger charge is 2.16. The molecule has 0 radical (unpaired) electrons. The molecule has 108 valence electrons. The molecule has 0 amide bonds. The van der Waals surface area contributed by atoms with Crippen molar-refractivity contribution in [3.05, 3.63) is 29.3 Å². The third-order valence-electron chi connectivity index (χ3n) is 3.74. The lowest BCUT2D eigenvalue weighted by Crippen LogP contribution is -2.33. The van der Waals surface area contributed by atoms with Gasteiger partial charge in [-0.2, -0.15) is 0 Å². The fraction of sp³-hybridized carbons (Fsp3) is 0.529. The van der Waals surface area contributed by atoms with Crippen molar-refractivity contribution in [3.63, 3.8) is 0 Å². The van der Waals surface area contributed by atoms with E-state index in [1.54, 1.807) is 7.11 Å². The van der Waals surface area contributed by atoms with Gasteiger partial charge in [-0.15, -0.1) is 0 Å². The third-order valence-corrected chi connectivity index (χ3v) is 3.74. The van der Waals surface area contributed by atoms with Crippen molar-refractivity contribution < 1.29 is 4.74 Å². The van der Waals surface area contributed by atoms with Crippen molar-refractivity contribution in [3.8, 4) is 17.6 Å². The predicted octanol–water partition coefficient (Wildman–Crippen LogP) is 2.24. The first-order valence-corrected chi connectivity index (χ1v) is 7.31. The number of hydrogen-bond donors (Lipinski definition) is 1. The van der Waals surface area contributed by atoms with Crippen molar-refractivity contribution >= 4 is 0 Å². The van der Waals surface area contributed by atoms with Crippen LogP contribution in [-0.4, -0.2) is 31.6 Å². The number of piperidine rings is 1. The number of nitrogens with zero attached hydrogens (tertiary/aromatic N) is 1. The molecule has 0 spiro atoms. The summed E-state index contributed by atoms with van der Waals surface area (Å²) in [4.78, 5) is 2.52. The van der Waals surface area contributed by atoms with E-state index in [1.807, 2.05) is 6.07 Å². The largest absolute Gasteiger partial charge is 0.495 e. The quantitative estimate of drug-likeness (QED) is 0.858. The molecule has 1 unspecified atom stereocenters. The second-order valence-corrected chi connectivity index (χ2v) is 5.52. The average molecular weight is 272 g/mol. The minimum Gasteiger partial charge on any atom is -0.495 e. The van der Waals surface area contributed by atoms with Gasteiger partial charge in [0.05, 0.1) is 19.2 Å². The molecule has 1 saturated heterocycles. The maximum Gasteiger partial charge on any atom is 0.134 e. The Morgan fingerprint density at radius 2 is 2.30 bits per heavy atom. The Morgan fingerprint density at radius 3 is 3.00 bits per heavy atom. The number of nitrogens with two attached hydrogens (primary N) is 1. The summed E-state index contributed by atoms with van der Waals surface area (Å²) in [5.74, 6) is 7.62. The summed E-state index contributed by atoms with van der Waals surface area (Å²) in [6.07, 6.45) is 2.66. The van der Waals surface area contributed by atoms with Crippen molar-refractivity contribution in [2.45, 2.75) is 26.3 Å². The summed E-state index contributed by atoms with van der Waals surface area (Å²) in [5, 5.41) is 0. The predicted molar refractivity (Wildman–Crippen MR) is 82.6 cm³/mol. The van der Waals surface area contributed by atoms with Crippen LogP contribution >= 0.6 is 0 Å². The van der Waals surface area contributed by atoms with Crippen LogP contribution in [0.3, 0.4) is 0 Å². The molecule has 3 nitrogen and oxygen atoms in total. The van der Waals surface area contributed by atoms with Crippen LogP contribution < -0.4 is 10.5 Å². The van der Waals surface area contributed by atoms with Gasteiger partial charge in [0.25, 0.3) is 0 Å². The summed E-state index contributed by atoms with van der Waals surface area (Å²) in [6, 6.07) is 6.26. The molecule has 3 heteroatoms. The normalized spacial score (nSPS) is 19.2. The molecule has 0 bridgehead atoms. The van der Waals surface area contributed by atoms with Gasteiger partial charge < -0.3 is 10.5 Å². The van der Waals surface area contributed by atoms with Crippen LogP contribution in [0.25, 0.3) is 0 Å². The van der Waals surface area contributed by atoms with Crippen LogP contribution in [0, 0.1) is 17.8 Å². The van der Waals surface area contributed by atoms with Gasteiger partial charge >= 0.3 is 0 Å². The zero-order chi connectivity index (χ0) is 14.4. The molecule has 0 aromatic heterocycles. The van der Waals surface area contributed by atoms with E-state index >= 15 is 0 Å². The summed E-state index contributed by atoms with van der Waals surface area (Å²) in [7, 11) is 1.68. The zero-order valence-electron chi connectivity index (χ0n) is 12.5. The van der Waals surface area contributed by atoms with E-state index < -0.39 is 0 Å². The number of rotatable bonds is 3. The van der Waals surface area contributed by atoms with E-state index in [9.17, 15) is 0 Å². The van der Waals surface area contributed by atoms with Crippen molar-refractivity contribution in [2.75, 3.05) is 26.7 Å². The maximum absolute atomic E-state index is 5.45. The monoisotopic (exact) mass is 272 g/mol. The second kappa shape index (κ2) is 7.33. The van der Waals surface area contributed by atoms with Crippen molar-refractivity contribution in [1.82, 2.24) is 4.90 Å². The zero-order valence-corrected chi connectivity index (χ0v) is 12.5. The van der Waals surface area contributed by atoms with Crippen LogP contribution in [0.1, 0.15) is 30.9 Å². The van der Waals surface area contributed by atoms with Gasteiger partial charge in [0, 0.05) is 13.1 Å². The third kappa shape index (κ3) is 4.00. The van der Waals surface area contributed by atoms with Gasteiger partial charge in [-0.1, -0.05) is 24.8 Å².